The molecule has 2 amide bonds. The number of amides is 2. The van der Waals surface area contributed by atoms with Gasteiger partial charge in [0.25, 0.3) is 0 Å². The van der Waals surface area contributed by atoms with E-state index in [4.69, 9.17) is 0 Å². The maximum Gasteiger partial charge on any atom is 0.416 e. The van der Waals surface area contributed by atoms with Crippen LogP contribution in [0.25, 0.3) is 0 Å². The molecule has 1 atom stereocenters. The Balaban J connectivity index is 1.84. The number of alkyl halides is 3. The van der Waals surface area contributed by atoms with Crippen LogP contribution in [0, 0.1) is 6.92 Å². The lowest BCUT2D eigenvalue weighted by atomic mass is 10.1. The highest BCUT2D eigenvalue weighted by Crippen LogP contribution is 2.31. The van der Waals surface area contributed by atoms with Crippen molar-refractivity contribution in [3.8, 4) is 0 Å². The molecule has 2 heterocycles. The number of carbonyl (C=O) groups is 2. The molecular weight excluding hydrogens is 327 g/mol. The van der Waals surface area contributed by atoms with Crippen LogP contribution in [0.3, 0.4) is 0 Å². The van der Waals surface area contributed by atoms with Gasteiger partial charge in [0, 0.05) is 5.69 Å². The second-order valence-electron chi connectivity index (χ2n) is 5.26. The minimum Gasteiger partial charge on any atom is -0.324 e. The zero-order valence-electron chi connectivity index (χ0n) is 12.4. The second-order valence-corrected chi connectivity index (χ2v) is 5.26. The third-order valence-corrected chi connectivity index (χ3v) is 3.42. The number of carbonyl (C=O) groups excluding carboxylic acids is 2. The molecule has 2 N–H and O–H groups in total. The summed E-state index contributed by atoms with van der Waals surface area (Å²) < 4.78 is 39.4. The van der Waals surface area contributed by atoms with E-state index < -0.39 is 29.6 Å². The monoisotopic (exact) mass is 339 g/mol. The van der Waals surface area contributed by atoms with Gasteiger partial charge in [-0.25, -0.2) is 4.68 Å². The van der Waals surface area contributed by atoms with Crippen LogP contribution in [-0.2, 0) is 15.8 Å². The summed E-state index contributed by atoms with van der Waals surface area (Å²) in [6.07, 6.45) is -4.69. The standard InChI is InChI=1S/C14H12F3N5O2/c1-7-18-13-20-11(23)6-10(22(13)21-7)12(24)19-9-4-2-3-8(5-9)14(15,16)17/h2-5,10H,6H2,1H3,(H,19,24)(H,18,20,21,23)/t10-/m1/s1. The molecule has 10 heteroatoms. The highest BCUT2D eigenvalue weighted by atomic mass is 19.4. The summed E-state index contributed by atoms with van der Waals surface area (Å²) >= 11 is 0. The smallest absolute Gasteiger partial charge is 0.324 e. The molecule has 1 aromatic carbocycles. The van der Waals surface area contributed by atoms with Gasteiger partial charge in [0.2, 0.25) is 17.8 Å². The average Bonchev–Trinajstić information content (AvgIpc) is 2.85. The molecule has 24 heavy (non-hydrogen) atoms. The van der Waals surface area contributed by atoms with Crippen molar-refractivity contribution in [3.63, 3.8) is 0 Å². The Hall–Kier alpha value is -2.91. The number of nitrogens with one attached hydrogen (secondary N) is 2. The number of benzene rings is 1. The topological polar surface area (TPSA) is 88.9 Å². The minimum absolute atomic E-state index is 0.0146. The molecule has 0 radical (unpaired) electrons. The van der Waals surface area contributed by atoms with Crippen LogP contribution in [0.2, 0.25) is 0 Å². The SMILES string of the molecule is Cc1nc2n(n1)[C@@H](C(=O)Nc1cccc(C(F)(F)F)c1)CC(=O)N2. The quantitative estimate of drug-likeness (QED) is 0.877. The summed E-state index contributed by atoms with van der Waals surface area (Å²) in [4.78, 5) is 28.0. The van der Waals surface area contributed by atoms with Gasteiger partial charge in [0.15, 0.2) is 0 Å². The minimum atomic E-state index is -4.51. The van der Waals surface area contributed by atoms with Gasteiger partial charge in [-0.05, 0) is 25.1 Å². The predicted octanol–water partition coefficient (Wildman–Crippen LogP) is 2.13. The summed E-state index contributed by atoms with van der Waals surface area (Å²) in [5.74, 6) is -0.563. The summed E-state index contributed by atoms with van der Waals surface area (Å²) in [6.45, 7) is 1.60. The molecule has 7 nitrogen and oxygen atoms in total. The lowest BCUT2D eigenvalue weighted by Gasteiger charge is -2.22. The van der Waals surface area contributed by atoms with E-state index in [0.717, 1.165) is 12.1 Å². The summed E-state index contributed by atoms with van der Waals surface area (Å²) in [5.41, 5.74) is -0.891. The highest BCUT2D eigenvalue weighted by Gasteiger charge is 2.33. The molecule has 0 saturated carbocycles. The van der Waals surface area contributed by atoms with Gasteiger partial charge >= 0.3 is 6.18 Å². The van der Waals surface area contributed by atoms with Crippen LogP contribution in [0.1, 0.15) is 23.9 Å². The molecule has 0 aliphatic carbocycles. The van der Waals surface area contributed by atoms with Crippen molar-refractivity contribution in [2.75, 3.05) is 10.6 Å². The molecule has 0 unspecified atom stereocenters. The number of fused-ring (bicyclic) bond motifs is 1. The van der Waals surface area contributed by atoms with Gasteiger partial charge in [0.05, 0.1) is 12.0 Å². The fraction of sp³-hybridized carbons (Fsp3) is 0.286. The number of hydrogen-bond acceptors (Lipinski definition) is 4. The fourth-order valence-corrected chi connectivity index (χ4v) is 2.37. The number of aryl methyl sites for hydroxylation is 1. The van der Waals surface area contributed by atoms with Crippen molar-refractivity contribution in [2.24, 2.45) is 0 Å². The lowest BCUT2D eigenvalue weighted by molar-refractivity contribution is -0.137. The summed E-state index contributed by atoms with van der Waals surface area (Å²) in [5, 5.41) is 8.90. The Labute approximate surface area is 133 Å². The normalized spacial score (nSPS) is 17.2. The average molecular weight is 339 g/mol. The number of anilines is 2. The number of aromatic nitrogens is 3. The molecule has 1 aliphatic rings. The van der Waals surface area contributed by atoms with E-state index in [1.165, 1.54) is 16.8 Å². The Morgan fingerprint density at radius 1 is 1.42 bits per heavy atom. The lowest BCUT2D eigenvalue weighted by Crippen LogP contribution is -2.36. The zero-order chi connectivity index (χ0) is 17.5. The first kappa shape index (κ1) is 16.0. The van der Waals surface area contributed by atoms with E-state index in [0.29, 0.717) is 5.82 Å². The van der Waals surface area contributed by atoms with Crippen molar-refractivity contribution in [2.45, 2.75) is 25.6 Å². The van der Waals surface area contributed by atoms with Gasteiger partial charge in [-0.3, -0.25) is 14.9 Å². The van der Waals surface area contributed by atoms with Crippen LogP contribution in [0.5, 0.6) is 0 Å². The van der Waals surface area contributed by atoms with E-state index in [1.807, 2.05) is 0 Å². The highest BCUT2D eigenvalue weighted by molar-refractivity contribution is 6.00. The van der Waals surface area contributed by atoms with Gasteiger partial charge in [-0.15, -0.1) is 0 Å². The third kappa shape index (κ3) is 3.07. The van der Waals surface area contributed by atoms with Crippen LogP contribution in [0.15, 0.2) is 24.3 Å². The van der Waals surface area contributed by atoms with Crippen LogP contribution in [-0.4, -0.2) is 26.6 Å². The number of rotatable bonds is 2. The Bertz CT molecular complexity index is 815. The van der Waals surface area contributed by atoms with Crippen LogP contribution >= 0.6 is 0 Å². The van der Waals surface area contributed by atoms with E-state index in [1.54, 1.807) is 6.92 Å². The van der Waals surface area contributed by atoms with Crippen molar-refractivity contribution in [3.05, 3.63) is 35.7 Å². The molecule has 2 aromatic rings. The molecule has 126 valence electrons. The summed E-state index contributed by atoms with van der Waals surface area (Å²) in [7, 11) is 0. The second kappa shape index (κ2) is 5.62. The number of nitrogens with zero attached hydrogens (tertiary/aromatic N) is 3. The fourth-order valence-electron chi connectivity index (χ4n) is 2.37. The number of hydrogen-bond donors (Lipinski definition) is 2. The maximum atomic E-state index is 12.7. The molecule has 0 bridgehead atoms. The summed E-state index contributed by atoms with van der Waals surface area (Å²) in [6, 6.07) is 3.28. The Morgan fingerprint density at radius 2 is 2.17 bits per heavy atom. The number of halogens is 3. The maximum absolute atomic E-state index is 12.7. The van der Waals surface area contributed by atoms with Crippen LogP contribution < -0.4 is 10.6 Å². The Kier molecular flexibility index (Phi) is 3.74. The van der Waals surface area contributed by atoms with E-state index in [2.05, 4.69) is 20.7 Å². The van der Waals surface area contributed by atoms with Crippen molar-refractivity contribution in [1.82, 2.24) is 14.8 Å². The molecule has 3 rings (SSSR count). The Morgan fingerprint density at radius 3 is 2.88 bits per heavy atom. The van der Waals surface area contributed by atoms with E-state index in [-0.39, 0.29) is 18.1 Å². The van der Waals surface area contributed by atoms with Gasteiger partial charge in [0.1, 0.15) is 11.9 Å². The molecule has 0 fully saturated rings. The van der Waals surface area contributed by atoms with Crippen LogP contribution in [0.4, 0.5) is 24.8 Å². The molecule has 1 aromatic heterocycles. The van der Waals surface area contributed by atoms with E-state index >= 15 is 0 Å². The largest absolute Gasteiger partial charge is 0.416 e. The van der Waals surface area contributed by atoms with Gasteiger partial charge in [-0.1, -0.05) is 6.07 Å². The third-order valence-electron chi connectivity index (χ3n) is 3.42. The predicted molar refractivity (Wildman–Crippen MR) is 77.1 cm³/mol. The van der Waals surface area contributed by atoms with E-state index in [9.17, 15) is 22.8 Å². The first-order valence-corrected chi connectivity index (χ1v) is 6.95. The van der Waals surface area contributed by atoms with Gasteiger partial charge in [-0.2, -0.15) is 23.3 Å². The molecule has 0 spiro atoms. The van der Waals surface area contributed by atoms with Crippen molar-refractivity contribution >= 4 is 23.5 Å². The molecular formula is C14H12F3N5O2. The molecule has 1 aliphatic heterocycles. The first-order chi connectivity index (χ1) is 11.2. The first-order valence-electron chi connectivity index (χ1n) is 6.95. The van der Waals surface area contributed by atoms with Crippen molar-refractivity contribution in [1.29, 1.82) is 0 Å². The van der Waals surface area contributed by atoms with Crippen molar-refractivity contribution < 1.29 is 22.8 Å². The van der Waals surface area contributed by atoms with Gasteiger partial charge < -0.3 is 5.32 Å². The molecule has 0 saturated heterocycles. The zero-order valence-corrected chi connectivity index (χ0v) is 12.4.